The monoisotopic (exact) mass is 318 g/mol. The fraction of sp³-hybridized carbons (Fsp3) is 0.778. The van der Waals surface area contributed by atoms with Crippen molar-refractivity contribution in [2.24, 2.45) is 11.3 Å². The molecule has 1 saturated heterocycles. The van der Waals surface area contributed by atoms with Crippen LogP contribution in [0.5, 0.6) is 0 Å². The van der Waals surface area contributed by atoms with Gasteiger partial charge < -0.3 is 15.3 Å². The van der Waals surface area contributed by atoms with Crippen molar-refractivity contribution in [1.29, 1.82) is 0 Å². The zero-order valence-electron chi connectivity index (χ0n) is 14.5. The molecule has 1 aromatic rings. The summed E-state index contributed by atoms with van der Waals surface area (Å²) in [5.41, 5.74) is -0.0526. The van der Waals surface area contributed by atoms with Gasteiger partial charge in [-0.05, 0) is 31.6 Å². The van der Waals surface area contributed by atoms with E-state index in [-0.39, 0.29) is 11.5 Å². The van der Waals surface area contributed by atoms with Crippen LogP contribution in [0.3, 0.4) is 0 Å². The summed E-state index contributed by atoms with van der Waals surface area (Å²) in [6.45, 7) is 7.40. The number of aromatic nitrogens is 2. The van der Waals surface area contributed by atoms with Crippen molar-refractivity contribution < 1.29 is 5.11 Å². The predicted molar refractivity (Wildman–Crippen MR) is 93.7 cm³/mol. The standard InChI is InChI=1S/C18H30N4O/c1-14-6-5-9-22(11-14)17-10-16(20-13-21-17)19-12-18(2)8-4-3-7-15(18)23/h10,13-15,23H,3-9,11-12H2,1-2H3,(H,19,20,21). The summed E-state index contributed by atoms with van der Waals surface area (Å²) in [5, 5.41) is 13.8. The number of aliphatic hydroxyl groups excluding tert-OH is 1. The van der Waals surface area contributed by atoms with Crippen LogP contribution in [-0.2, 0) is 0 Å². The molecule has 1 aliphatic heterocycles. The van der Waals surface area contributed by atoms with E-state index in [9.17, 15) is 5.11 Å². The van der Waals surface area contributed by atoms with E-state index < -0.39 is 0 Å². The lowest BCUT2D eigenvalue weighted by atomic mass is 9.73. The van der Waals surface area contributed by atoms with Gasteiger partial charge in [0.15, 0.2) is 0 Å². The molecule has 0 amide bonds. The first kappa shape index (κ1) is 16.5. The molecule has 5 heteroatoms. The average Bonchev–Trinajstić information content (AvgIpc) is 2.56. The summed E-state index contributed by atoms with van der Waals surface area (Å²) in [5.74, 6) is 2.61. The van der Waals surface area contributed by atoms with E-state index in [0.717, 1.165) is 56.5 Å². The normalized spacial score (nSPS) is 31.9. The number of rotatable bonds is 4. The molecule has 0 bridgehead atoms. The Morgan fingerprint density at radius 3 is 2.96 bits per heavy atom. The number of nitrogens with zero attached hydrogens (tertiary/aromatic N) is 3. The van der Waals surface area contributed by atoms with E-state index in [4.69, 9.17) is 0 Å². The summed E-state index contributed by atoms with van der Waals surface area (Å²) in [6, 6.07) is 2.05. The van der Waals surface area contributed by atoms with Gasteiger partial charge in [-0.15, -0.1) is 0 Å². The molecule has 23 heavy (non-hydrogen) atoms. The molecule has 2 heterocycles. The molecule has 0 radical (unpaired) electrons. The van der Waals surface area contributed by atoms with Gasteiger partial charge in [0.2, 0.25) is 0 Å². The van der Waals surface area contributed by atoms with Crippen molar-refractivity contribution in [2.45, 2.75) is 58.5 Å². The molecule has 0 spiro atoms. The lowest BCUT2D eigenvalue weighted by Gasteiger charge is -2.38. The third-order valence-corrected chi connectivity index (χ3v) is 5.59. The molecule has 1 saturated carbocycles. The summed E-state index contributed by atoms with van der Waals surface area (Å²) in [4.78, 5) is 11.2. The van der Waals surface area contributed by atoms with Gasteiger partial charge in [-0.3, -0.25) is 0 Å². The van der Waals surface area contributed by atoms with Crippen molar-refractivity contribution in [3.05, 3.63) is 12.4 Å². The van der Waals surface area contributed by atoms with E-state index in [1.165, 1.54) is 19.3 Å². The number of anilines is 2. The minimum Gasteiger partial charge on any atom is -0.392 e. The van der Waals surface area contributed by atoms with Crippen LogP contribution in [0, 0.1) is 11.3 Å². The van der Waals surface area contributed by atoms with Crippen LogP contribution in [0.25, 0.3) is 0 Å². The molecule has 2 N–H and O–H groups in total. The Kier molecular flexibility index (Phi) is 5.05. The molecule has 2 aliphatic rings. The van der Waals surface area contributed by atoms with Crippen LogP contribution >= 0.6 is 0 Å². The maximum absolute atomic E-state index is 10.3. The van der Waals surface area contributed by atoms with Gasteiger partial charge in [-0.1, -0.05) is 26.7 Å². The Morgan fingerprint density at radius 2 is 2.17 bits per heavy atom. The molecule has 2 fully saturated rings. The fourth-order valence-electron chi connectivity index (χ4n) is 3.89. The molecule has 3 rings (SSSR count). The van der Waals surface area contributed by atoms with Gasteiger partial charge in [-0.2, -0.15) is 0 Å². The summed E-state index contributed by atoms with van der Waals surface area (Å²) in [6.07, 6.45) is 8.31. The van der Waals surface area contributed by atoms with Gasteiger partial charge in [0.05, 0.1) is 6.10 Å². The second kappa shape index (κ2) is 7.04. The Hall–Kier alpha value is -1.36. The van der Waals surface area contributed by atoms with Crippen molar-refractivity contribution in [2.75, 3.05) is 29.9 Å². The molecule has 1 aliphatic carbocycles. The maximum atomic E-state index is 10.3. The highest BCUT2D eigenvalue weighted by Gasteiger charge is 2.35. The Morgan fingerprint density at radius 1 is 1.30 bits per heavy atom. The van der Waals surface area contributed by atoms with Crippen molar-refractivity contribution in [3.8, 4) is 0 Å². The number of nitrogens with one attached hydrogen (secondary N) is 1. The molecule has 1 aromatic heterocycles. The van der Waals surface area contributed by atoms with Crippen LogP contribution < -0.4 is 10.2 Å². The molecular weight excluding hydrogens is 288 g/mol. The van der Waals surface area contributed by atoms with Gasteiger partial charge in [-0.25, -0.2) is 9.97 Å². The van der Waals surface area contributed by atoms with E-state index in [0.29, 0.717) is 0 Å². The highest BCUT2D eigenvalue weighted by molar-refractivity contribution is 5.48. The first-order chi connectivity index (χ1) is 11.1. The first-order valence-electron chi connectivity index (χ1n) is 9.06. The molecule has 5 nitrogen and oxygen atoms in total. The van der Waals surface area contributed by atoms with Gasteiger partial charge in [0.1, 0.15) is 18.0 Å². The van der Waals surface area contributed by atoms with Crippen molar-refractivity contribution in [3.63, 3.8) is 0 Å². The van der Waals surface area contributed by atoms with Crippen LogP contribution in [0.1, 0.15) is 52.4 Å². The smallest absolute Gasteiger partial charge is 0.134 e. The van der Waals surface area contributed by atoms with Crippen LogP contribution in [0.4, 0.5) is 11.6 Å². The third-order valence-electron chi connectivity index (χ3n) is 5.59. The maximum Gasteiger partial charge on any atom is 0.134 e. The van der Waals surface area contributed by atoms with Crippen LogP contribution in [0.15, 0.2) is 12.4 Å². The Balaban J connectivity index is 1.63. The summed E-state index contributed by atoms with van der Waals surface area (Å²) in [7, 11) is 0. The van der Waals surface area contributed by atoms with E-state index in [1.54, 1.807) is 6.33 Å². The Bertz CT molecular complexity index is 523. The van der Waals surface area contributed by atoms with Crippen LogP contribution in [-0.4, -0.2) is 40.8 Å². The SMILES string of the molecule is CC1CCCN(c2cc(NCC3(C)CCCCC3O)ncn2)C1. The zero-order chi connectivity index (χ0) is 16.3. The predicted octanol–water partition coefficient (Wildman–Crippen LogP) is 3.07. The van der Waals surface area contributed by atoms with Gasteiger partial charge in [0, 0.05) is 31.1 Å². The lowest BCUT2D eigenvalue weighted by molar-refractivity contribution is 0.00958. The van der Waals surface area contributed by atoms with E-state index in [2.05, 4.69) is 40.1 Å². The number of hydrogen-bond donors (Lipinski definition) is 2. The van der Waals surface area contributed by atoms with Crippen LogP contribution in [0.2, 0.25) is 0 Å². The highest BCUT2D eigenvalue weighted by atomic mass is 16.3. The van der Waals surface area contributed by atoms with Crippen molar-refractivity contribution in [1.82, 2.24) is 9.97 Å². The topological polar surface area (TPSA) is 61.3 Å². The van der Waals surface area contributed by atoms with E-state index >= 15 is 0 Å². The van der Waals surface area contributed by atoms with E-state index in [1.807, 2.05) is 0 Å². The first-order valence-corrected chi connectivity index (χ1v) is 9.06. The second-order valence-electron chi connectivity index (χ2n) is 7.72. The minimum atomic E-state index is -0.215. The Labute approximate surface area is 139 Å². The number of aliphatic hydroxyl groups is 1. The zero-order valence-corrected chi connectivity index (χ0v) is 14.5. The van der Waals surface area contributed by atoms with Crippen molar-refractivity contribution >= 4 is 11.6 Å². The third kappa shape index (κ3) is 3.94. The number of hydrogen-bond acceptors (Lipinski definition) is 5. The highest BCUT2D eigenvalue weighted by Crippen LogP contribution is 2.36. The fourth-order valence-corrected chi connectivity index (χ4v) is 3.89. The largest absolute Gasteiger partial charge is 0.392 e. The minimum absolute atomic E-state index is 0.0526. The lowest BCUT2D eigenvalue weighted by Crippen LogP contribution is -2.41. The average molecular weight is 318 g/mol. The quantitative estimate of drug-likeness (QED) is 0.893. The second-order valence-corrected chi connectivity index (χ2v) is 7.72. The summed E-state index contributed by atoms with van der Waals surface area (Å²) < 4.78 is 0. The molecule has 3 unspecified atom stereocenters. The molecule has 0 aromatic carbocycles. The molecular formula is C18H30N4O. The summed E-state index contributed by atoms with van der Waals surface area (Å²) >= 11 is 0. The number of piperidine rings is 1. The molecule has 3 atom stereocenters. The van der Waals surface area contributed by atoms with Gasteiger partial charge >= 0.3 is 0 Å². The van der Waals surface area contributed by atoms with Gasteiger partial charge in [0.25, 0.3) is 0 Å². The molecule has 128 valence electrons.